The fourth-order valence-corrected chi connectivity index (χ4v) is 3.65. The van der Waals surface area contributed by atoms with Crippen LogP contribution in [0.1, 0.15) is 12.8 Å². The van der Waals surface area contributed by atoms with Crippen molar-refractivity contribution in [3.05, 3.63) is 0 Å². The van der Waals surface area contributed by atoms with Crippen molar-refractivity contribution >= 4 is 29.6 Å². The van der Waals surface area contributed by atoms with Crippen molar-refractivity contribution in [2.45, 2.75) is 12.8 Å². The van der Waals surface area contributed by atoms with E-state index in [4.69, 9.17) is 5.73 Å². The molecule has 0 atom stereocenters. The largest absolute Gasteiger partial charge is 0.368 e. The summed E-state index contributed by atoms with van der Waals surface area (Å²) in [6.07, 6.45) is 2.39. The van der Waals surface area contributed by atoms with E-state index in [0.717, 1.165) is 26.2 Å². The highest BCUT2D eigenvalue weighted by atomic mass is 32.2. The van der Waals surface area contributed by atoms with Crippen molar-refractivity contribution in [2.75, 3.05) is 66.7 Å². The molecule has 2 aliphatic rings. The molecule has 0 aliphatic carbocycles. The first-order chi connectivity index (χ1) is 10.3. The zero-order valence-corrected chi connectivity index (χ0v) is 13.1. The van der Waals surface area contributed by atoms with Gasteiger partial charge in [-0.05, 0) is 12.8 Å². The Hall–Kier alpha value is -1.28. The van der Waals surface area contributed by atoms with E-state index >= 15 is 0 Å². The third kappa shape index (κ3) is 4.10. The van der Waals surface area contributed by atoms with E-state index in [0.29, 0.717) is 17.8 Å². The minimum Gasteiger partial charge on any atom is -0.368 e. The lowest BCUT2D eigenvalue weighted by molar-refractivity contribution is 0.314. The molecular formula is C13H23N7S. The Morgan fingerprint density at radius 1 is 1.05 bits per heavy atom. The summed E-state index contributed by atoms with van der Waals surface area (Å²) in [5.41, 5.74) is 5.80. The van der Waals surface area contributed by atoms with Crippen LogP contribution >= 0.6 is 11.8 Å². The topological polar surface area (TPSA) is 83.2 Å². The minimum absolute atomic E-state index is 0.295. The maximum atomic E-state index is 5.80. The molecule has 8 heteroatoms. The van der Waals surface area contributed by atoms with Crippen molar-refractivity contribution in [3.8, 4) is 0 Å². The average Bonchev–Trinajstić information content (AvgIpc) is 3.02. The summed E-state index contributed by atoms with van der Waals surface area (Å²) in [5.74, 6) is 4.06. The standard InChI is InChI=1S/C13H23N7S/c14-11-16-12(15-3-6-19-7-9-21-10-8-19)18-13(17-11)20-4-1-2-5-20/h1-10H2,(H3,14,15,16,17,18). The lowest BCUT2D eigenvalue weighted by atomic mass is 10.4. The molecule has 2 aliphatic heterocycles. The quantitative estimate of drug-likeness (QED) is 0.814. The molecule has 0 unspecified atom stereocenters. The number of thioether (sulfide) groups is 1. The van der Waals surface area contributed by atoms with Crippen LogP contribution in [0.3, 0.4) is 0 Å². The van der Waals surface area contributed by atoms with Crippen molar-refractivity contribution in [2.24, 2.45) is 0 Å². The first kappa shape index (κ1) is 14.6. The van der Waals surface area contributed by atoms with Crippen LogP contribution in [0.5, 0.6) is 0 Å². The van der Waals surface area contributed by atoms with Gasteiger partial charge in [-0.15, -0.1) is 0 Å². The van der Waals surface area contributed by atoms with Crippen LogP contribution in [0.25, 0.3) is 0 Å². The molecular weight excluding hydrogens is 286 g/mol. The summed E-state index contributed by atoms with van der Waals surface area (Å²) in [7, 11) is 0. The van der Waals surface area contributed by atoms with Crippen LogP contribution < -0.4 is 16.0 Å². The Bertz CT molecular complexity index is 458. The Morgan fingerprint density at radius 3 is 2.57 bits per heavy atom. The van der Waals surface area contributed by atoms with E-state index in [1.54, 1.807) is 0 Å². The van der Waals surface area contributed by atoms with Crippen LogP contribution in [0.4, 0.5) is 17.8 Å². The van der Waals surface area contributed by atoms with Crippen molar-refractivity contribution < 1.29 is 0 Å². The number of nitrogens with two attached hydrogens (primary N) is 1. The summed E-state index contributed by atoms with van der Waals surface area (Å²) in [4.78, 5) is 17.6. The number of hydrogen-bond acceptors (Lipinski definition) is 8. The maximum Gasteiger partial charge on any atom is 0.231 e. The van der Waals surface area contributed by atoms with Gasteiger partial charge in [0.2, 0.25) is 17.8 Å². The maximum absolute atomic E-state index is 5.80. The molecule has 2 saturated heterocycles. The normalized spacial score (nSPS) is 19.9. The number of aromatic nitrogens is 3. The molecule has 0 spiro atoms. The Kier molecular flexibility index (Phi) is 4.97. The number of nitrogen functional groups attached to an aromatic ring is 1. The molecule has 116 valence electrons. The predicted octanol–water partition coefficient (Wildman–Crippen LogP) is 0.515. The van der Waals surface area contributed by atoms with Crippen LogP contribution in [-0.4, -0.2) is 70.6 Å². The lowest BCUT2D eigenvalue weighted by Crippen LogP contribution is -2.36. The van der Waals surface area contributed by atoms with Gasteiger partial charge in [-0.3, -0.25) is 4.90 Å². The number of anilines is 3. The van der Waals surface area contributed by atoms with E-state index in [1.165, 1.54) is 37.4 Å². The third-order valence-electron chi connectivity index (χ3n) is 3.84. The second-order valence-electron chi connectivity index (χ2n) is 5.39. The Labute approximate surface area is 129 Å². The highest BCUT2D eigenvalue weighted by Gasteiger charge is 2.17. The molecule has 2 fully saturated rings. The molecule has 1 aromatic rings. The van der Waals surface area contributed by atoms with Crippen LogP contribution in [0.15, 0.2) is 0 Å². The van der Waals surface area contributed by atoms with E-state index in [-0.39, 0.29) is 0 Å². The second-order valence-corrected chi connectivity index (χ2v) is 6.62. The van der Waals surface area contributed by atoms with Gasteiger partial charge in [0.25, 0.3) is 0 Å². The molecule has 0 bridgehead atoms. The van der Waals surface area contributed by atoms with Gasteiger partial charge < -0.3 is 16.0 Å². The molecule has 3 N–H and O–H groups in total. The van der Waals surface area contributed by atoms with Crippen molar-refractivity contribution in [1.29, 1.82) is 0 Å². The summed E-state index contributed by atoms with van der Waals surface area (Å²) in [6, 6.07) is 0. The van der Waals surface area contributed by atoms with Crippen molar-refractivity contribution in [1.82, 2.24) is 19.9 Å². The fourth-order valence-electron chi connectivity index (χ4n) is 2.67. The van der Waals surface area contributed by atoms with Gasteiger partial charge >= 0.3 is 0 Å². The van der Waals surface area contributed by atoms with Gasteiger partial charge in [0.05, 0.1) is 0 Å². The summed E-state index contributed by atoms with van der Waals surface area (Å²) in [6.45, 7) is 6.22. The van der Waals surface area contributed by atoms with Crippen LogP contribution in [0.2, 0.25) is 0 Å². The van der Waals surface area contributed by atoms with Gasteiger partial charge in [-0.1, -0.05) is 0 Å². The molecule has 0 saturated carbocycles. The Balaban J connectivity index is 1.54. The molecule has 21 heavy (non-hydrogen) atoms. The van der Waals surface area contributed by atoms with Gasteiger partial charge in [-0.25, -0.2) is 0 Å². The highest BCUT2D eigenvalue weighted by molar-refractivity contribution is 7.99. The van der Waals surface area contributed by atoms with E-state index < -0.39 is 0 Å². The van der Waals surface area contributed by atoms with Gasteiger partial charge in [0, 0.05) is 50.8 Å². The number of nitrogens with zero attached hydrogens (tertiary/aromatic N) is 5. The van der Waals surface area contributed by atoms with Gasteiger partial charge in [0.1, 0.15) is 0 Å². The average molecular weight is 309 g/mol. The molecule has 7 nitrogen and oxygen atoms in total. The molecule has 0 radical (unpaired) electrons. The highest BCUT2D eigenvalue weighted by Crippen LogP contribution is 2.17. The molecule has 1 aromatic heterocycles. The van der Waals surface area contributed by atoms with Crippen molar-refractivity contribution in [3.63, 3.8) is 0 Å². The number of hydrogen-bond donors (Lipinski definition) is 2. The fraction of sp³-hybridized carbons (Fsp3) is 0.769. The number of rotatable bonds is 5. The van der Waals surface area contributed by atoms with E-state index in [9.17, 15) is 0 Å². The third-order valence-corrected chi connectivity index (χ3v) is 4.79. The minimum atomic E-state index is 0.295. The van der Waals surface area contributed by atoms with E-state index in [1.807, 2.05) is 11.8 Å². The lowest BCUT2D eigenvalue weighted by Gasteiger charge is -2.26. The van der Waals surface area contributed by atoms with Gasteiger partial charge in [0.15, 0.2) is 0 Å². The summed E-state index contributed by atoms with van der Waals surface area (Å²) >= 11 is 2.03. The monoisotopic (exact) mass is 309 g/mol. The number of nitrogens with one attached hydrogen (secondary N) is 1. The first-order valence-electron chi connectivity index (χ1n) is 7.62. The Morgan fingerprint density at radius 2 is 1.81 bits per heavy atom. The molecule has 3 rings (SSSR count). The molecule has 0 aromatic carbocycles. The zero-order valence-electron chi connectivity index (χ0n) is 12.3. The van der Waals surface area contributed by atoms with Gasteiger partial charge in [-0.2, -0.15) is 26.7 Å². The molecule has 3 heterocycles. The van der Waals surface area contributed by atoms with Crippen LogP contribution in [0, 0.1) is 0 Å². The SMILES string of the molecule is Nc1nc(NCCN2CCSCC2)nc(N2CCCC2)n1. The first-order valence-corrected chi connectivity index (χ1v) is 8.77. The molecule has 0 amide bonds. The predicted molar refractivity (Wildman–Crippen MR) is 87.9 cm³/mol. The van der Waals surface area contributed by atoms with Crippen LogP contribution in [-0.2, 0) is 0 Å². The second kappa shape index (κ2) is 7.13. The summed E-state index contributed by atoms with van der Waals surface area (Å²) in [5, 5.41) is 3.28. The zero-order chi connectivity index (χ0) is 14.5. The van der Waals surface area contributed by atoms with E-state index in [2.05, 4.69) is 30.1 Å². The summed E-state index contributed by atoms with van der Waals surface area (Å²) < 4.78 is 0. The smallest absolute Gasteiger partial charge is 0.231 e.